The van der Waals surface area contributed by atoms with E-state index in [1.165, 1.54) is 18.5 Å². The Morgan fingerprint density at radius 1 is 1.42 bits per heavy atom. The summed E-state index contributed by atoms with van der Waals surface area (Å²) in [6.07, 6.45) is 3.37. The molecule has 7 nitrogen and oxygen atoms in total. The molecule has 0 aromatic carbocycles. The largest absolute Gasteiger partial charge is 0.376 e. The Bertz CT molecular complexity index is 753. The zero-order valence-electron chi connectivity index (χ0n) is 14.2. The first-order valence-electron chi connectivity index (χ1n) is 8.58. The quantitative estimate of drug-likeness (QED) is 0.873. The third kappa shape index (κ3) is 2.84. The highest BCUT2D eigenvalue weighted by Crippen LogP contribution is 2.32. The Balaban J connectivity index is 1.54. The van der Waals surface area contributed by atoms with Crippen LogP contribution in [0.15, 0.2) is 0 Å². The summed E-state index contributed by atoms with van der Waals surface area (Å²) in [5.41, 5.74) is 5.58. The number of nitrogens with zero attached hydrogens (tertiary/aromatic N) is 3. The molecule has 1 amide bonds. The number of aromatic amines is 1. The van der Waals surface area contributed by atoms with E-state index in [0.29, 0.717) is 25.5 Å². The molecule has 0 unspecified atom stereocenters. The number of fused-ring (bicyclic) bond motifs is 1. The highest BCUT2D eigenvalue weighted by atomic mass is 16.5. The minimum absolute atomic E-state index is 0.133. The summed E-state index contributed by atoms with van der Waals surface area (Å²) in [7, 11) is 0. The van der Waals surface area contributed by atoms with Gasteiger partial charge < -0.3 is 10.1 Å². The van der Waals surface area contributed by atoms with Gasteiger partial charge in [-0.1, -0.05) is 0 Å². The molecule has 2 N–H and O–H groups in total. The van der Waals surface area contributed by atoms with Gasteiger partial charge in [-0.05, 0) is 32.6 Å². The van der Waals surface area contributed by atoms with Crippen molar-refractivity contribution in [1.82, 2.24) is 25.3 Å². The average Bonchev–Trinajstić information content (AvgIpc) is 3.25. The van der Waals surface area contributed by atoms with Crippen LogP contribution in [0.1, 0.15) is 51.5 Å². The normalized spacial score (nSPS) is 16.9. The van der Waals surface area contributed by atoms with Gasteiger partial charge in [0.15, 0.2) is 5.69 Å². The maximum atomic E-state index is 12.7. The summed E-state index contributed by atoms with van der Waals surface area (Å²) in [6.45, 7) is 6.46. The maximum absolute atomic E-state index is 12.7. The fourth-order valence-corrected chi connectivity index (χ4v) is 3.27. The van der Waals surface area contributed by atoms with Crippen LogP contribution in [0.5, 0.6) is 0 Å². The Hall–Kier alpha value is -2.15. The van der Waals surface area contributed by atoms with Gasteiger partial charge in [0.25, 0.3) is 5.91 Å². The Kier molecular flexibility index (Phi) is 3.88. The van der Waals surface area contributed by atoms with E-state index in [0.717, 1.165) is 41.4 Å². The topological polar surface area (TPSA) is 84.8 Å². The highest BCUT2D eigenvalue weighted by Gasteiger charge is 2.29. The summed E-state index contributed by atoms with van der Waals surface area (Å²) in [6, 6.07) is 0. The molecule has 0 spiro atoms. The average molecular weight is 329 g/mol. The number of amides is 1. The molecule has 1 aliphatic heterocycles. The predicted molar refractivity (Wildman–Crippen MR) is 87.5 cm³/mol. The summed E-state index contributed by atoms with van der Waals surface area (Å²) in [5.74, 6) is 0.593. The second kappa shape index (κ2) is 6.05. The summed E-state index contributed by atoms with van der Waals surface area (Å²) in [4.78, 5) is 12.7. The number of aromatic nitrogens is 4. The van der Waals surface area contributed by atoms with Crippen LogP contribution in [-0.4, -0.2) is 32.5 Å². The third-order valence-corrected chi connectivity index (χ3v) is 4.95. The number of carbonyl (C=O) groups excluding carboxylic acids is 1. The standard InChI is InChI=1S/C17H23N5O2/c1-10-13(11(2)20-19-10)7-18-17(23)16-14-9-24-6-5-15(14)22(21-16)8-12-3-4-12/h12H,3-9H2,1-2H3,(H,18,23)(H,19,20). The second-order valence-electron chi connectivity index (χ2n) is 6.80. The van der Waals surface area contributed by atoms with Gasteiger partial charge >= 0.3 is 0 Å². The number of aryl methyl sites for hydroxylation is 2. The van der Waals surface area contributed by atoms with Crippen LogP contribution in [0.3, 0.4) is 0 Å². The molecule has 2 aromatic rings. The number of ether oxygens (including phenoxy) is 1. The molecule has 1 saturated carbocycles. The molecule has 0 atom stereocenters. The van der Waals surface area contributed by atoms with Crippen molar-refractivity contribution >= 4 is 5.91 Å². The van der Waals surface area contributed by atoms with E-state index in [9.17, 15) is 4.79 Å². The molecule has 7 heteroatoms. The molecule has 3 heterocycles. The van der Waals surface area contributed by atoms with E-state index < -0.39 is 0 Å². The lowest BCUT2D eigenvalue weighted by atomic mass is 10.1. The molecule has 0 radical (unpaired) electrons. The van der Waals surface area contributed by atoms with E-state index in [1.54, 1.807) is 0 Å². The van der Waals surface area contributed by atoms with Crippen molar-refractivity contribution in [3.63, 3.8) is 0 Å². The van der Waals surface area contributed by atoms with E-state index in [1.807, 2.05) is 18.5 Å². The Morgan fingerprint density at radius 2 is 2.25 bits per heavy atom. The molecule has 2 aliphatic rings. The van der Waals surface area contributed by atoms with Gasteiger partial charge in [0.1, 0.15) is 0 Å². The fourth-order valence-electron chi connectivity index (χ4n) is 3.27. The van der Waals surface area contributed by atoms with Crippen molar-refractivity contribution in [1.29, 1.82) is 0 Å². The van der Waals surface area contributed by atoms with Crippen molar-refractivity contribution < 1.29 is 9.53 Å². The lowest BCUT2D eigenvalue weighted by molar-refractivity contribution is 0.0922. The van der Waals surface area contributed by atoms with Gasteiger partial charge in [-0.2, -0.15) is 10.2 Å². The van der Waals surface area contributed by atoms with Gasteiger partial charge in [0.2, 0.25) is 0 Å². The lowest BCUT2D eigenvalue weighted by Crippen LogP contribution is -2.25. The van der Waals surface area contributed by atoms with Crippen molar-refractivity contribution in [2.24, 2.45) is 5.92 Å². The number of carbonyl (C=O) groups is 1. The monoisotopic (exact) mass is 329 g/mol. The molecule has 24 heavy (non-hydrogen) atoms. The summed E-state index contributed by atoms with van der Waals surface area (Å²) < 4.78 is 7.60. The van der Waals surface area contributed by atoms with Gasteiger partial charge in [-0.25, -0.2) is 0 Å². The third-order valence-electron chi connectivity index (χ3n) is 4.95. The van der Waals surface area contributed by atoms with Crippen LogP contribution >= 0.6 is 0 Å². The first kappa shape index (κ1) is 15.4. The number of H-pyrrole nitrogens is 1. The number of rotatable bonds is 5. The number of hydrogen-bond donors (Lipinski definition) is 2. The predicted octanol–water partition coefficient (Wildman–Crippen LogP) is 1.64. The van der Waals surface area contributed by atoms with Crippen LogP contribution in [0.2, 0.25) is 0 Å². The number of hydrogen-bond acceptors (Lipinski definition) is 4. The molecule has 128 valence electrons. The minimum Gasteiger partial charge on any atom is -0.376 e. The van der Waals surface area contributed by atoms with Gasteiger partial charge in [0.05, 0.1) is 18.9 Å². The van der Waals surface area contributed by atoms with Crippen molar-refractivity contribution in [2.45, 2.75) is 52.8 Å². The van der Waals surface area contributed by atoms with Crippen LogP contribution in [0.25, 0.3) is 0 Å². The fraction of sp³-hybridized carbons (Fsp3) is 0.588. The van der Waals surface area contributed by atoms with Crippen LogP contribution in [0, 0.1) is 19.8 Å². The molecular formula is C17H23N5O2. The highest BCUT2D eigenvalue weighted by molar-refractivity contribution is 5.94. The zero-order valence-corrected chi connectivity index (χ0v) is 14.2. The smallest absolute Gasteiger partial charge is 0.272 e. The first-order valence-corrected chi connectivity index (χ1v) is 8.58. The molecule has 1 fully saturated rings. The molecule has 1 aliphatic carbocycles. The zero-order chi connectivity index (χ0) is 16.7. The van der Waals surface area contributed by atoms with Gasteiger partial charge in [0, 0.05) is 42.0 Å². The van der Waals surface area contributed by atoms with Crippen molar-refractivity contribution in [2.75, 3.05) is 6.61 Å². The van der Waals surface area contributed by atoms with E-state index >= 15 is 0 Å². The SMILES string of the molecule is Cc1n[nH]c(C)c1CNC(=O)c1nn(CC2CC2)c2c1COCC2. The molecule has 0 bridgehead atoms. The van der Waals surface area contributed by atoms with E-state index in [-0.39, 0.29) is 5.91 Å². The van der Waals surface area contributed by atoms with Crippen LogP contribution < -0.4 is 5.32 Å². The molecule has 4 rings (SSSR count). The first-order chi connectivity index (χ1) is 11.6. The molecular weight excluding hydrogens is 306 g/mol. The van der Waals surface area contributed by atoms with Crippen LogP contribution in [0.4, 0.5) is 0 Å². The van der Waals surface area contributed by atoms with Crippen molar-refractivity contribution in [3.8, 4) is 0 Å². The van der Waals surface area contributed by atoms with Gasteiger partial charge in [-0.15, -0.1) is 0 Å². The van der Waals surface area contributed by atoms with Crippen molar-refractivity contribution in [3.05, 3.63) is 33.9 Å². The lowest BCUT2D eigenvalue weighted by Gasteiger charge is -2.15. The number of nitrogens with one attached hydrogen (secondary N) is 2. The molecule has 0 saturated heterocycles. The van der Waals surface area contributed by atoms with E-state index in [4.69, 9.17) is 4.74 Å². The maximum Gasteiger partial charge on any atom is 0.272 e. The Labute approximate surface area is 140 Å². The summed E-state index contributed by atoms with van der Waals surface area (Å²) in [5, 5.41) is 14.7. The Morgan fingerprint density at radius 3 is 2.96 bits per heavy atom. The molecule has 2 aromatic heterocycles. The van der Waals surface area contributed by atoms with Crippen LogP contribution in [-0.2, 0) is 30.9 Å². The summed E-state index contributed by atoms with van der Waals surface area (Å²) >= 11 is 0. The van der Waals surface area contributed by atoms with E-state index in [2.05, 4.69) is 20.6 Å². The van der Waals surface area contributed by atoms with Gasteiger partial charge in [-0.3, -0.25) is 14.6 Å². The minimum atomic E-state index is -0.133. The second-order valence-corrected chi connectivity index (χ2v) is 6.80.